The standard InChI is InChI=1S/C18H17ClN2O3S2/c1-10-3-2-4-13(19)11(10)7-25-6-5-20-17(23)15-16(22)12-8-26-9-14(12)21-18(15)24/h2-4,8-9,22H,5-7H2,1H3,(H,20,23)(H,21,24). The zero-order valence-corrected chi connectivity index (χ0v) is 16.4. The normalized spacial score (nSPS) is 11.0. The van der Waals surface area contributed by atoms with Gasteiger partial charge in [-0.25, -0.2) is 0 Å². The van der Waals surface area contributed by atoms with E-state index in [9.17, 15) is 14.7 Å². The number of hydrogen-bond donors (Lipinski definition) is 3. The number of thiophene rings is 1. The molecule has 3 N–H and O–H groups in total. The maximum atomic E-state index is 12.3. The Kier molecular flexibility index (Phi) is 5.90. The molecule has 8 heteroatoms. The molecule has 0 bridgehead atoms. The van der Waals surface area contributed by atoms with E-state index in [1.165, 1.54) is 11.3 Å². The summed E-state index contributed by atoms with van der Waals surface area (Å²) in [5.41, 5.74) is 1.91. The van der Waals surface area contributed by atoms with E-state index in [-0.39, 0.29) is 11.3 Å². The highest BCUT2D eigenvalue weighted by Gasteiger charge is 2.19. The zero-order valence-electron chi connectivity index (χ0n) is 14.0. The van der Waals surface area contributed by atoms with E-state index in [1.807, 2.05) is 25.1 Å². The first-order valence-electron chi connectivity index (χ1n) is 7.90. The number of carbonyl (C=O) groups excluding carboxylic acids is 1. The van der Waals surface area contributed by atoms with E-state index < -0.39 is 11.5 Å². The molecule has 2 heterocycles. The molecule has 26 heavy (non-hydrogen) atoms. The highest BCUT2D eigenvalue weighted by Crippen LogP contribution is 2.27. The second-order valence-corrected chi connectivity index (χ2v) is 7.98. The summed E-state index contributed by atoms with van der Waals surface area (Å²) in [4.78, 5) is 26.9. The lowest BCUT2D eigenvalue weighted by molar-refractivity contribution is 0.0952. The fourth-order valence-electron chi connectivity index (χ4n) is 2.56. The van der Waals surface area contributed by atoms with E-state index in [2.05, 4.69) is 10.3 Å². The van der Waals surface area contributed by atoms with E-state index in [0.29, 0.717) is 23.2 Å². The second-order valence-electron chi connectivity index (χ2n) is 5.72. The van der Waals surface area contributed by atoms with Crippen LogP contribution in [0.15, 0.2) is 33.8 Å². The molecule has 0 aliphatic heterocycles. The minimum atomic E-state index is -0.592. The predicted octanol–water partition coefficient (Wildman–Crippen LogP) is 3.92. The van der Waals surface area contributed by atoms with Crippen molar-refractivity contribution < 1.29 is 9.90 Å². The molecule has 0 spiro atoms. The van der Waals surface area contributed by atoms with Gasteiger partial charge in [-0.05, 0) is 24.1 Å². The summed E-state index contributed by atoms with van der Waals surface area (Å²) in [7, 11) is 0. The molecule has 3 rings (SSSR count). The first-order chi connectivity index (χ1) is 12.5. The topological polar surface area (TPSA) is 82.2 Å². The molecule has 0 unspecified atom stereocenters. The number of halogens is 1. The van der Waals surface area contributed by atoms with E-state index in [4.69, 9.17) is 11.6 Å². The van der Waals surface area contributed by atoms with Crippen molar-refractivity contribution in [1.82, 2.24) is 10.3 Å². The second kappa shape index (κ2) is 8.16. The van der Waals surface area contributed by atoms with Crippen molar-refractivity contribution >= 4 is 51.5 Å². The van der Waals surface area contributed by atoms with Crippen LogP contribution in [-0.4, -0.2) is 28.3 Å². The Labute approximate surface area is 163 Å². The fraction of sp³-hybridized carbons (Fsp3) is 0.222. The third-order valence-electron chi connectivity index (χ3n) is 3.99. The number of H-pyrrole nitrogens is 1. The fourth-order valence-corrected chi connectivity index (χ4v) is 4.67. The van der Waals surface area contributed by atoms with Crippen LogP contribution in [0.25, 0.3) is 10.9 Å². The molecular weight excluding hydrogens is 392 g/mol. The summed E-state index contributed by atoms with van der Waals surface area (Å²) in [6.07, 6.45) is 0. The quantitative estimate of drug-likeness (QED) is 0.540. The number of pyridine rings is 1. The van der Waals surface area contributed by atoms with Gasteiger partial charge >= 0.3 is 0 Å². The van der Waals surface area contributed by atoms with Crippen LogP contribution in [0.3, 0.4) is 0 Å². The molecule has 0 saturated heterocycles. The number of aromatic amines is 1. The van der Waals surface area contributed by atoms with Crippen molar-refractivity contribution in [1.29, 1.82) is 0 Å². The van der Waals surface area contributed by atoms with Gasteiger partial charge in [0.2, 0.25) is 0 Å². The smallest absolute Gasteiger partial charge is 0.265 e. The molecule has 0 saturated carbocycles. The minimum absolute atomic E-state index is 0.247. The SMILES string of the molecule is Cc1cccc(Cl)c1CSCCNC(=O)c1c(O)c2cscc2[nH]c1=O. The minimum Gasteiger partial charge on any atom is -0.506 e. The number of nitrogens with one attached hydrogen (secondary N) is 2. The molecule has 1 aromatic carbocycles. The zero-order chi connectivity index (χ0) is 18.7. The van der Waals surface area contributed by atoms with Crippen molar-refractivity contribution in [2.45, 2.75) is 12.7 Å². The Morgan fingerprint density at radius 3 is 2.96 bits per heavy atom. The number of aromatic hydroxyl groups is 1. The number of carbonyl (C=O) groups is 1. The Bertz CT molecular complexity index is 993. The first-order valence-corrected chi connectivity index (χ1v) is 10.4. The molecule has 1 amide bonds. The Morgan fingerprint density at radius 2 is 2.19 bits per heavy atom. The Morgan fingerprint density at radius 1 is 1.38 bits per heavy atom. The van der Waals surface area contributed by atoms with Crippen LogP contribution in [0.2, 0.25) is 5.02 Å². The average molecular weight is 409 g/mol. The monoisotopic (exact) mass is 408 g/mol. The Hall–Kier alpha value is -1.96. The number of hydrogen-bond acceptors (Lipinski definition) is 5. The molecule has 0 fully saturated rings. The summed E-state index contributed by atoms with van der Waals surface area (Å²) < 4.78 is 0. The molecule has 0 atom stereocenters. The molecule has 5 nitrogen and oxygen atoms in total. The largest absolute Gasteiger partial charge is 0.506 e. The van der Waals surface area contributed by atoms with Crippen LogP contribution in [0, 0.1) is 6.92 Å². The number of fused-ring (bicyclic) bond motifs is 1. The lowest BCUT2D eigenvalue weighted by atomic mass is 10.1. The van der Waals surface area contributed by atoms with Gasteiger partial charge in [0, 0.05) is 33.8 Å². The highest BCUT2D eigenvalue weighted by atomic mass is 35.5. The third-order valence-corrected chi connectivity index (χ3v) is 6.07. The van der Waals surface area contributed by atoms with E-state index in [0.717, 1.165) is 21.9 Å². The van der Waals surface area contributed by atoms with Crippen molar-refractivity contribution in [3.05, 3.63) is 61.0 Å². The summed E-state index contributed by atoms with van der Waals surface area (Å²) in [5, 5.41) is 17.5. The van der Waals surface area contributed by atoms with Gasteiger partial charge in [-0.2, -0.15) is 11.8 Å². The maximum absolute atomic E-state index is 12.3. The summed E-state index contributed by atoms with van der Waals surface area (Å²) in [6, 6.07) is 5.79. The number of rotatable bonds is 6. The third kappa shape index (κ3) is 3.90. The van der Waals surface area contributed by atoms with Gasteiger partial charge in [0.15, 0.2) is 0 Å². The van der Waals surface area contributed by atoms with Crippen molar-refractivity contribution in [3.8, 4) is 5.75 Å². The molecule has 0 aliphatic carbocycles. The number of aromatic nitrogens is 1. The highest BCUT2D eigenvalue weighted by molar-refractivity contribution is 7.98. The number of aryl methyl sites for hydroxylation is 1. The maximum Gasteiger partial charge on any atom is 0.265 e. The van der Waals surface area contributed by atoms with Gasteiger partial charge in [-0.15, -0.1) is 11.3 Å². The van der Waals surface area contributed by atoms with Crippen LogP contribution >= 0.6 is 34.7 Å². The van der Waals surface area contributed by atoms with Crippen LogP contribution < -0.4 is 10.9 Å². The van der Waals surface area contributed by atoms with Crippen LogP contribution in [0.4, 0.5) is 0 Å². The lowest BCUT2D eigenvalue weighted by Gasteiger charge is -2.09. The number of benzene rings is 1. The summed E-state index contributed by atoms with van der Waals surface area (Å²) in [5.74, 6) is 0.553. The average Bonchev–Trinajstić information content (AvgIpc) is 3.05. The predicted molar refractivity (Wildman–Crippen MR) is 109 cm³/mol. The van der Waals surface area contributed by atoms with Crippen LogP contribution in [0.5, 0.6) is 5.75 Å². The Balaban J connectivity index is 1.57. The van der Waals surface area contributed by atoms with E-state index in [1.54, 1.807) is 22.5 Å². The molecule has 2 aromatic heterocycles. The molecular formula is C18H17ClN2O3S2. The van der Waals surface area contributed by atoms with Gasteiger partial charge in [0.25, 0.3) is 11.5 Å². The van der Waals surface area contributed by atoms with Gasteiger partial charge in [0.05, 0.1) is 10.9 Å². The van der Waals surface area contributed by atoms with Crippen LogP contribution in [-0.2, 0) is 5.75 Å². The van der Waals surface area contributed by atoms with E-state index >= 15 is 0 Å². The van der Waals surface area contributed by atoms with Crippen molar-refractivity contribution in [2.75, 3.05) is 12.3 Å². The van der Waals surface area contributed by atoms with Crippen molar-refractivity contribution in [3.63, 3.8) is 0 Å². The van der Waals surface area contributed by atoms with Gasteiger partial charge in [-0.1, -0.05) is 23.7 Å². The van der Waals surface area contributed by atoms with Crippen LogP contribution in [0.1, 0.15) is 21.5 Å². The number of amides is 1. The summed E-state index contributed by atoms with van der Waals surface area (Å²) in [6.45, 7) is 2.40. The summed E-state index contributed by atoms with van der Waals surface area (Å²) >= 11 is 9.18. The lowest BCUT2D eigenvalue weighted by Crippen LogP contribution is -2.31. The van der Waals surface area contributed by atoms with Crippen molar-refractivity contribution in [2.24, 2.45) is 0 Å². The first kappa shape index (κ1) is 18.8. The molecule has 136 valence electrons. The molecule has 3 aromatic rings. The van der Waals surface area contributed by atoms with Gasteiger partial charge in [-0.3, -0.25) is 9.59 Å². The molecule has 0 aliphatic rings. The van der Waals surface area contributed by atoms with Gasteiger partial charge < -0.3 is 15.4 Å². The number of thioether (sulfide) groups is 1. The molecule has 0 radical (unpaired) electrons. The van der Waals surface area contributed by atoms with Gasteiger partial charge in [0.1, 0.15) is 11.3 Å².